The van der Waals surface area contributed by atoms with Gasteiger partial charge in [-0.3, -0.25) is 0 Å². The highest BCUT2D eigenvalue weighted by molar-refractivity contribution is 5.78. The number of hydrogen-bond donors (Lipinski definition) is 2. The van der Waals surface area contributed by atoms with Crippen LogP contribution < -0.4 is 15.4 Å². The first-order valence-corrected chi connectivity index (χ1v) is 9.17. The third-order valence-corrected chi connectivity index (χ3v) is 4.65. The highest BCUT2D eigenvalue weighted by Gasteiger charge is 2.20. The van der Waals surface area contributed by atoms with Crippen LogP contribution in [0.4, 0.5) is 4.79 Å². The molecule has 0 unspecified atom stereocenters. The van der Waals surface area contributed by atoms with E-state index in [1.165, 1.54) is 0 Å². The predicted molar refractivity (Wildman–Crippen MR) is 107 cm³/mol. The zero-order valence-electron chi connectivity index (χ0n) is 16.2. The summed E-state index contributed by atoms with van der Waals surface area (Å²) in [5, 5.41) is 7.07. The number of rotatable bonds is 6. The molecule has 2 amide bonds. The van der Waals surface area contributed by atoms with E-state index in [0.29, 0.717) is 0 Å². The van der Waals surface area contributed by atoms with Crippen LogP contribution in [-0.4, -0.2) is 13.1 Å². The van der Waals surface area contributed by atoms with Crippen molar-refractivity contribution in [3.8, 4) is 5.75 Å². The van der Waals surface area contributed by atoms with Gasteiger partial charge in [-0.25, -0.2) is 4.79 Å². The summed E-state index contributed by atoms with van der Waals surface area (Å²) >= 11 is 0. The number of fused-ring (bicyclic) bond motifs is 1. The molecule has 0 fully saturated rings. The molecule has 5 nitrogen and oxygen atoms in total. The maximum absolute atomic E-state index is 12.6. The molecule has 0 aliphatic carbocycles. The number of carbonyl (C=O) groups is 1. The van der Waals surface area contributed by atoms with E-state index in [0.717, 1.165) is 28.0 Å². The highest BCUT2D eigenvalue weighted by atomic mass is 16.5. The first-order chi connectivity index (χ1) is 13.0. The number of para-hydroxylation sites is 1. The molecular formula is C22H26N2O3. The normalized spacial score (nSPS) is 13.4. The summed E-state index contributed by atoms with van der Waals surface area (Å²) in [6, 6.07) is 17.0. The standard InChI is InChI=1S/C22H26N2O3/c1-14(2)21(16-9-11-18(26-4)12-10-16)24-22(25)23-15(3)20-13-17-7-5-6-8-19(17)27-20/h5-15,21H,1-4H3,(H2,23,24,25)/t15-,21+/m0/s1. The van der Waals surface area contributed by atoms with Gasteiger partial charge in [-0.05, 0) is 42.7 Å². The van der Waals surface area contributed by atoms with E-state index in [4.69, 9.17) is 9.15 Å². The molecular weight excluding hydrogens is 340 g/mol. The minimum Gasteiger partial charge on any atom is -0.497 e. The topological polar surface area (TPSA) is 63.5 Å². The summed E-state index contributed by atoms with van der Waals surface area (Å²) in [5.74, 6) is 1.77. The highest BCUT2D eigenvalue weighted by Crippen LogP contribution is 2.25. The Hall–Kier alpha value is -2.95. The lowest BCUT2D eigenvalue weighted by atomic mass is 9.96. The van der Waals surface area contributed by atoms with Gasteiger partial charge in [0.25, 0.3) is 0 Å². The van der Waals surface area contributed by atoms with Crippen LogP contribution in [0.2, 0.25) is 0 Å². The molecule has 0 radical (unpaired) electrons. The molecule has 2 N–H and O–H groups in total. The smallest absolute Gasteiger partial charge is 0.315 e. The molecule has 0 aliphatic heterocycles. The Bertz CT molecular complexity index is 866. The summed E-state index contributed by atoms with van der Waals surface area (Å²) in [7, 11) is 1.64. The van der Waals surface area contributed by atoms with Crippen molar-refractivity contribution in [3.63, 3.8) is 0 Å². The number of methoxy groups -OCH3 is 1. The molecule has 1 aromatic heterocycles. The van der Waals surface area contributed by atoms with Crippen LogP contribution in [0.15, 0.2) is 59.0 Å². The van der Waals surface area contributed by atoms with E-state index in [1.54, 1.807) is 7.11 Å². The molecule has 0 saturated heterocycles. The number of ether oxygens (including phenoxy) is 1. The van der Waals surface area contributed by atoms with Crippen molar-refractivity contribution in [1.82, 2.24) is 10.6 Å². The Morgan fingerprint density at radius 2 is 1.70 bits per heavy atom. The van der Waals surface area contributed by atoms with E-state index in [9.17, 15) is 4.79 Å². The van der Waals surface area contributed by atoms with E-state index < -0.39 is 0 Å². The maximum atomic E-state index is 12.6. The fraction of sp³-hybridized carbons (Fsp3) is 0.318. The first-order valence-electron chi connectivity index (χ1n) is 9.17. The van der Waals surface area contributed by atoms with E-state index in [-0.39, 0.29) is 24.0 Å². The molecule has 3 aromatic rings. The second-order valence-electron chi connectivity index (χ2n) is 7.02. The molecule has 0 bridgehead atoms. The van der Waals surface area contributed by atoms with Crippen molar-refractivity contribution in [2.75, 3.05) is 7.11 Å². The van der Waals surface area contributed by atoms with Crippen LogP contribution in [0.5, 0.6) is 5.75 Å². The SMILES string of the molecule is COc1ccc([C@H](NC(=O)N[C@@H](C)c2cc3ccccc3o2)C(C)C)cc1. The largest absolute Gasteiger partial charge is 0.497 e. The van der Waals surface area contributed by atoms with E-state index in [2.05, 4.69) is 24.5 Å². The molecule has 3 rings (SSSR count). The summed E-state index contributed by atoms with van der Waals surface area (Å²) in [5.41, 5.74) is 1.86. The average Bonchev–Trinajstić information content (AvgIpc) is 3.10. The zero-order chi connectivity index (χ0) is 19.4. The predicted octanol–water partition coefficient (Wildman–Crippen LogP) is 5.20. The molecule has 142 valence electrons. The summed E-state index contributed by atoms with van der Waals surface area (Å²) in [6.45, 7) is 6.07. The number of urea groups is 1. The molecule has 0 spiro atoms. The van der Waals surface area contributed by atoms with Crippen molar-refractivity contribution < 1.29 is 13.9 Å². The van der Waals surface area contributed by atoms with Gasteiger partial charge in [-0.15, -0.1) is 0 Å². The van der Waals surface area contributed by atoms with E-state index in [1.807, 2.05) is 61.5 Å². The second-order valence-corrected chi connectivity index (χ2v) is 7.02. The third-order valence-electron chi connectivity index (χ3n) is 4.65. The number of nitrogens with one attached hydrogen (secondary N) is 2. The molecule has 0 aliphatic rings. The van der Waals surface area contributed by atoms with Crippen LogP contribution in [0.1, 0.15) is 44.2 Å². The van der Waals surface area contributed by atoms with Gasteiger partial charge in [0.05, 0.1) is 19.2 Å². The van der Waals surface area contributed by atoms with Crippen molar-refractivity contribution in [1.29, 1.82) is 0 Å². The van der Waals surface area contributed by atoms with Crippen molar-refractivity contribution in [2.45, 2.75) is 32.9 Å². The van der Waals surface area contributed by atoms with Crippen LogP contribution in [-0.2, 0) is 0 Å². The average molecular weight is 366 g/mol. The Balaban J connectivity index is 1.68. The summed E-state index contributed by atoms with van der Waals surface area (Å²) < 4.78 is 11.0. The Kier molecular flexibility index (Phi) is 5.69. The second kappa shape index (κ2) is 8.16. The minimum atomic E-state index is -0.235. The molecule has 2 atom stereocenters. The van der Waals surface area contributed by atoms with Crippen LogP contribution in [0.3, 0.4) is 0 Å². The number of benzene rings is 2. The maximum Gasteiger partial charge on any atom is 0.315 e. The fourth-order valence-corrected chi connectivity index (χ4v) is 3.11. The Morgan fingerprint density at radius 3 is 2.33 bits per heavy atom. The van der Waals surface area contributed by atoms with E-state index >= 15 is 0 Å². The van der Waals surface area contributed by atoms with Gasteiger partial charge in [0.15, 0.2) is 0 Å². The molecule has 5 heteroatoms. The minimum absolute atomic E-state index is 0.0984. The van der Waals surface area contributed by atoms with Crippen LogP contribution >= 0.6 is 0 Å². The van der Waals surface area contributed by atoms with Gasteiger partial charge in [0, 0.05) is 5.39 Å². The lowest BCUT2D eigenvalue weighted by Crippen LogP contribution is -2.40. The quantitative estimate of drug-likeness (QED) is 0.630. The Labute approximate surface area is 159 Å². The summed E-state index contributed by atoms with van der Waals surface area (Å²) in [6.07, 6.45) is 0. The Morgan fingerprint density at radius 1 is 1.00 bits per heavy atom. The first kappa shape index (κ1) is 18.8. The van der Waals surface area contributed by atoms with Gasteiger partial charge in [0.2, 0.25) is 0 Å². The monoisotopic (exact) mass is 366 g/mol. The van der Waals surface area contributed by atoms with Gasteiger partial charge >= 0.3 is 6.03 Å². The van der Waals surface area contributed by atoms with Crippen molar-refractivity contribution in [3.05, 3.63) is 65.9 Å². The fourth-order valence-electron chi connectivity index (χ4n) is 3.11. The number of furan rings is 1. The number of hydrogen-bond acceptors (Lipinski definition) is 3. The summed E-state index contributed by atoms with van der Waals surface area (Å²) in [4.78, 5) is 12.6. The lowest BCUT2D eigenvalue weighted by molar-refractivity contribution is 0.228. The van der Waals surface area contributed by atoms with Crippen molar-refractivity contribution in [2.24, 2.45) is 5.92 Å². The third kappa shape index (κ3) is 4.42. The number of carbonyl (C=O) groups excluding carboxylic acids is 1. The van der Waals surface area contributed by atoms with Gasteiger partial charge < -0.3 is 19.8 Å². The lowest BCUT2D eigenvalue weighted by Gasteiger charge is -2.24. The molecule has 0 saturated carbocycles. The molecule has 1 heterocycles. The van der Waals surface area contributed by atoms with Crippen molar-refractivity contribution >= 4 is 17.0 Å². The van der Waals surface area contributed by atoms with Crippen LogP contribution in [0, 0.1) is 5.92 Å². The molecule has 27 heavy (non-hydrogen) atoms. The van der Waals surface area contributed by atoms with Gasteiger partial charge in [-0.1, -0.05) is 44.2 Å². The van der Waals surface area contributed by atoms with Crippen LogP contribution in [0.25, 0.3) is 11.0 Å². The number of amides is 2. The van der Waals surface area contributed by atoms with Gasteiger partial charge in [0.1, 0.15) is 17.1 Å². The van der Waals surface area contributed by atoms with Gasteiger partial charge in [-0.2, -0.15) is 0 Å². The molecule has 2 aromatic carbocycles. The zero-order valence-corrected chi connectivity index (χ0v) is 16.2.